The first-order chi connectivity index (χ1) is 8.79. The van der Waals surface area contributed by atoms with Gasteiger partial charge in [-0.3, -0.25) is 9.82 Å². The van der Waals surface area contributed by atoms with Crippen molar-refractivity contribution in [1.82, 2.24) is 10.2 Å². The molecule has 0 unspecified atom stereocenters. The maximum Gasteiger partial charge on any atom is 0.263 e. The highest BCUT2D eigenvalue weighted by atomic mass is 32.2. The van der Waals surface area contributed by atoms with E-state index in [1.54, 1.807) is 0 Å². The second-order valence-corrected chi connectivity index (χ2v) is 6.84. The van der Waals surface area contributed by atoms with Gasteiger partial charge in [0.25, 0.3) is 10.0 Å². The Morgan fingerprint density at radius 3 is 2.37 bits per heavy atom. The van der Waals surface area contributed by atoms with Crippen LogP contribution < -0.4 is 9.86 Å². The summed E-state index contributed by atoms with van der Waals surface area (Å²) in [6, 6.07) is 6.16. The van der Waals surface area contributed by atoms with Gasteiger partial charge in [-0.15, -0.1) is 0 Å². The van der Waals surface area contributed by atoms with Crippen LogP contribution in [0.1, 0.15) is 0 Å². The summed E-state index contributed by atoms with van der Waals surface area (Å²) in [6.45, 7) is 0. The third-order valence-electron chi connectivity index (χ3n) is 2.19. The van der Waals surface area contributed by atoms with E-state index >= 15 is 0 Å². The maximum absolute atomic E-state index is 12.0. The molecule has 0 saturated heterocycles. The summed E-state index contributed by atoms with van der Waals surface area (Å²) >= 11 is 0. The van der Waals surface area contributed by atoms with E-state index in [0.29, 0.717) is 0 Å². The molecule has 4 N–H and O–H groups in total. The van der Waals surface area contributed by atoms with Crippen LogP contribution in [0.5, 0.6) is 0 Å². The van der Waals surface area contributed by atoms with Crippen LogP contribution >= 0.6 is 0 Å². The zero-order valence-corrected chi connectivity index (χ0v) is 11.1. The molecule has 0 amide bonds. The first kappa shape index (κ1) is 13.5. The molecular weight excluding hydrogens is 292 g/mol. The molecule has 0 radical (unpaired) electrons. The molecule has 0 atom stereocenters. The van der Waals surface area contributed by atoms with Crippen LogP contribution in [0.25, 0.3) is 0 Å². The molecule has 0 bridgehead atoms. The Morgan fingerprint density at radius 2 is 1.79 bits per heavy atom. The topological polar surface area (TPSA) is 135 Å². The van der Waals surface area contributed by atoms with Crippen molar-refractivity contribution in [2.75, 3.05) is 4.72 Å². The van der Waals surface area contributed by atoms with Crippen molar-refractivity contribution in [1.29, 1.82) is 0 Å². The first-order valence-electron chi connectivity index (χ1n) is 4.94. The van der Waals surface area contributed by atoms with Gasteiger partial charge in [-0.25, -0.2) is 22.0 Å². The molecule has 102 valence electrons. The molecule has 8 nitrogen and oxygen atoms in total. The molecule has 0 aliphatic carbocycles. The lowest BCUT2D eigenvalue weighted by Crippen LogP contribution is -2.16. The van der Waals surface area contributed by atoms with E-state index < -0.39 is 20.0 Å². The molecule has 0 saturated carbocycles. The van der Waals surface area contributed by atoms with E-state index in [9.17, 15) is 16.8 Å². The number of aromatic nitrogens is 2. The highest BCUT2D eigenvalue weighted by Crippen LogP contribution is 2.17. The minimum atomic E-state index is -3.96. The third kappa shape index (κ3) is 3.10. The van der Waals surface area contributed by atoms with E-state index in [0.717, 1.165) is 6.07 Å². The van der Waals surface area contributed by atoms with Crippen molar-refractivity contribution in [2.45, 2.75) is 9.79 Å². The van der Waals surface area contributed by atoms with Crippen LogP contribution in [-0.4, -0.2) is 27.0 Å². The number of primary sulfonamides is 1. The molecule has 0 aliphatic rings. The lowest BCUT2D eigenvalue weighted by Gasteiger charge is -2.06. The Labute approximate surface area is 109 Å². The maximum atomic E-state index is 12.0. The van der Waals surface area contributed by atoms with E-state index in [4.69, 9.17) is 5.14 Å². The summed E-state index contributed by atoms with van der Waals surface area (Å²) in [5.74, 6) is 0.168. The molecule has 2 aromatic rings. The van der Waals surface area contributed by atoms with Gasteiger partial charge in [-0.05, 0) is 18.2 Å². The average Bonchev–Trinajstić information content (AvgIpc) is 2.80. The largest absolute Gasteiger partial charge is 0.264 e. The van der Waals surface area contributed by atoms with Crippen molar-refractivity contribution in [3.63, 3.8) is 0 Å². The summed E-state index contributed by atoms with van der Waals surface area (Å²) in [4.78, 5) is -0.492. The van der Waals surface area contributed by atoms with Gasteiger partial charge in [-0.1, -0.05) is 6.07 Å². The monoisotopic (exact) mass is 302 g/mol. The number of aromatic amines is 1. The number of nitrogens with zero attached hydrogens (tertiary/aromatic N) is 1. The number of benzene rings is 1. The van der Waals surface area contributed by atoms with Gasteiger partial charge in [0.1, 0.15) is 5.82 Å². The lowest BCUT2D eigenvalue weighted by atomic mass is 10.4. The summed E-state index contributed by atoms with van der Waals surface area (Å²) < 4.78 is 48.5. The number of nitrogens with one attached hydrogen (secondary N) is 2. The van der Waals surface area contributed by atoms with Gasteiger partial charge in [0.2, 0.25) is 10.0 Å². The van der Waals surface area contributed by atoms with Gasteiger partial charge in [-0.2, -0.15) is 5.10 Å². The smallest absolute Gasteiger partial charge is 0.263 e. The fraction of sp³-hybridized carbons (Fsp3) is 0. The molecule has 2 rings (SSSR count). The van der Waals surface area contributed by atoms with Crippen LogP contribution in [-0.2, 0) is 20.0 Å². The highest BCUT2D eigenvalue weighted by molar-refractivity contribution is 7.92. The number of anilines is 1. The van der Waals surface area contributed by atoms with Crippen molar-refractivity contribution >= 4 is 25.9 Å². The van der Waals surface area contributed by atoms with Gasteiger partial charge in [0, 0.05) is 6.07 Å². The van der Waals surface area contributed by atoms with E-state index in [2.05, 4.69) is 14.9 Å². The minimum Gasteiger partial charge on any atom is -0.264 e. The molecule has 1 heterocycles. The summed E-state index contributed by atoms with van der Waals surface area (Å²) in [7, 11) is -7.87. The molecule has 0 aliphatic heterocycles. The van der Waals surface area contributed by atoms with Crippen molar-refractivity contribution < 1.29 is 16.8 Å². The summed E-state index contributed by atoms with van der Waals surface area (Å²) in [5.41, 5.74) is 0. The molecule has 1 aromatic heterocycles. The SMILES string of the molecule is NS(=O)(=O)c1cccc(S(=O)(=O)Nc2ccn[nH]2)c1. The fourth-order valence-electron chi connectivity index (χ4n) is 1.33. The fourth-order valence-corrected chi connectivity index (χ4v) is 3.03. The predicted molar refractivity (Wildman–Crippen MR) is 67.2 cm³/mol. The summed E-state index contributed by atoms with van der Waals surface area (Å²) in [5, 5.41) is 11.0. The Balaban J connectivity index is 2.41. The van der Waals surface area contributed by atoms with Crippen LogP contribution in [0.3, 0.4) is 0 Å². The number of rotatable bonds is 4. The summed E-state index contributed by atoms with van der Waals surface area (Å²) in [6.07, 6.45) is 1.37. The van der Waals surface area contributed by atoms with E-state index in [1.807, 2.05) is 0 Å². The standard InChI is InChI=1S/C9H10N4O4S2/c10-18(14,15)7-2-1-3-8(6-7)19(16,17)13-9-4-5-11-12-9/h1-6H,(H2,10,14,15)(H2,11,12,13). The zero-order valence-electron chi connectivity index (χ0n) is 9.44. The molecule has 1 aromatic carbocycles. The Bertz CT molecular complexity index is 781. The second kappa shape index (κ2) is 4.64. The third-order valence-corrected chi connectivity index (χ3v) is 4.46. The normalized spacial score (nSPS) is 12.3. The van der Waals surface area contributed by atoms with Gasteiger partial charge in [0.05, 0.1) is 16.0 Å². The van der Waals surface area contributed by atoms with Crippen molar-refractivity contribution in [3.8, 4) is 0 Å². The molecule has 0 spiro atoms. The minimum absolute atomic E-state index is 0.168. The quantitative estimate of drug-likeness (QED) is 0.722. The van der Waals surface area contributed by atoms with Crippen LogP contribution in [0.4, 0.5) is 5.82 Å². The van der Waals surface area contributed by atoms with Crippen LogP contribution in [0.2, 0.25) is 0 Å². The Hall–Kier alpha value is -1.91. The lowest BCUT2D eigenvalue weighted by molar-refractivity contribution is 0.597. The molecular formula is C9H10N4O4S2. The van der Waals surface area contributed by atoms with Gasteiger partial charge < -0.3 is 0 Å². The molecule has 19 heavy (non-hydrogen) atoms. The highest BCUT2D eigenvalue weighted by Gasteiger charge is 2.17. The number of hydrogen-bond acceptors (Lipinski definition) is 5. The number of H-pyrrole nitrogens is 1. The number of hydrogen-bond donors (Lipinski definition) is 3. The van der Waals surface area contributed by atoms with Gasteiger partial charge in [0.15, 0.2) is 0 Å². The van der Waals surface area contributed by atoms with E-state index in [1.165, 1.54) is 30.5 Å². The van der Waals surface area contributed by atoms with Gasteiger partial charge >= 0.3 is 0 Å². The average molecular weight is 302 g/mol. The van der Waals surface area contributed by atoms with Crippen LogP contribution in [0.15, 0.2) is 46.3 Å². The predicted octanol–water partition coefficient (Wildman–Crippen LogP) is -0.142. The first-order valence-corrected chi connectivity index (χ1v) is 7.97. The Morgan fingerprint density at radius 1 is 1.11 bits per heavy atom. The zero-order chi connectivity index (χ0) is 14.1. The van der Waals surface area contributed by atoms with Crippen molar-refractivity contribution in [2.24, 2.45) is 5.14 Å². The van der Waals surface area contributed by atoms with Crippen LogP contribution in [0, 0.1) is 0 Å². The number of nitrogens with two attached hydrogens (primary N) is 1. The second-order valence-electron chi connectivity index (χ2n) is 3.60. The number of sulfonamides is 2. The van der Waals surface area contributed by atoms with Crippen molar-refractivity contribution in [3.05, 3.63) is 36.5 Å². The van der Waals surface area contributed by atoms with E-state index in [-0.39, 0.29) is 15.6 Å². The Kier molecular flexibility index (Phi) is 3.30. The molecule has 0 fully saturated rings. The molecule has 10 heteroatoms.